The number of anilines is 1. The van der Waals surface area contributed by atoms with Crippen LogP contribution in [0.2, 0.25) is 0 Å². The highest BCUT2D eigenvalue weighted by molar-refractivity contribution is 6.08. The van der Waals surface area contributed by atoms with Crippen molar-refractivity contribution in [3.05, 3.63) is 65.0 Å². The number of amides is 1. The largest absolute Gasteiger partial charge is 0.342 e. The van der Waals surface area contributed by atoms with Crippen LogP contribution in [0.5, 0.6) is 0 Å². The van der Waals surface area contributed by atoms with Gasteiger partial charge in [0.25, 0.3) is 0 Å². The molecule has 3 heteroatoms. The molecule has 1 amide bonds. The Labute approximate surface area is 130 Å². The Bertz CT molecular complexity index is 795. The van der Waals surface area contributed by atoms with Crippen molar-refractivity contribution in [2.45, 2.75) is 38.6 Å². The maximum Gasteiger partial charge on any atom is 0.239 e. The van der Waals surface area contributed by atoms with Gasteiger partial charge in [0.15, 0.2) is 0 Å². The molecule has 0 unspecified atom stereocenters. The number of aryl methyl sites for hydroxylation is 3. The van der Waals surface area contributed by atoms with Gasteiger partial charge < -0.3 is 9.88 Å². The van der Waals surface area contributed by atoms with Crippen LogP contribution >= 0.6 is 0 Å². The number of allylic oxidation sites excluding steroid dienone is 1. The van der Waals surface area contributed by atoms with Crippen LogP contribution in [-0.4, -0.2) is 10.5 Å². The number of aromatic nitrogens is 1. The van der Waals surface area contributed by atoms with Crippen molar-refractivity contribution < 1.29 is 4.79 Å². The lowest BCUT2D eigenvalue weighted by Gasteiger charge is -2.24. The fraction of sp³-hybridized carbons (Fsp3) is 0.316. The minimum absolute atomic E-state index is 0.106. The fourth-order valence-electron chi connectivity index (χ4n) is 3.98. The summed E-state index contributed by atoms with van der Waals surface area (Å²) < 4.78 is 2.33. The molecule has 2 aliphatic rings. The number of benzene rings is 1. The summed E-state index contributed by atoms with van der Waals surface area (Å²) in [7, 11) is 0. The quantitative estimate of drug-likeness (QED) is 0.797. The zero-order chi connectivity index (χ0) is 15.5. The van der Waals surface area contributed by atoms with Crippen molar-refractivity contribution in [3.63, 3.8) is 0 Å². The monoisotopic (exact) mass is 292 g/mol. The minimum atomic E-state index is -0.505. The highest BCUT2D eigenvalue weighted by Gasteiger charge is 2.49. The number of nitrogens with zero attached hydrogens (tertiary/aromatic N) is 1. The Hall–Kier alpha value is -2.29. The Morgan fingerprint density at radius 1 is 1.14 bits per heavy atom. The fourth-order valence-corrected chi connectivity index (χ4v) is 3.98. The number of carbonyl (C=O) groups excluding carboxylic acids is 1. The zero-order valence-electron chi connectivity index (χ0n) is 13.2. The van der Waals surface area contributed by atoms with Gasteiger partial charge in [-0.2, -0.15) is 0 Å². The van der Waals surface area contributed by atoms with Gasteiger partial charge in [-0.1, -0.05) is 29.8 Å². The Kier molecular flexibility index (Phi) is 2.65. The second-order valence-electron chi connectivity index (χ2n) is 6.59. The molecule has 3 nitrogen and oxygen atoms in total. The molecule has 4 rings (SSSR count). The molecule has 0 bridgehead atoms. The standard InChI is InChI=1S/C19H20N2O/c1-12-4-7-17-16(10-12)19(18(22)20-17)9-8-15(11-19)21-13(2)5-6-14(21)3/h4-10,15H,11H2,1-3H3,(H,20,22)/t15-,19+/m1/s1. The van der Waals surface area contributed by atoms with Gasteiger partial charge in [0.05, 0.1) is 11.5 Å². The molecule has 2 aromatic rings. The third-order valence-electron chi connectivity index (χ3n) is 5.10. The van der Waals surface area contributed by atoms with E-state index < -0.39 is 5.41 Å². The van der Waals surface area contributed by atoms with Crippen molar-refractivity contribution in [1.29, 1.82) is 0 Å². The van der Waals surface area contributed by atoms with Crippen molar-refractivity contribution >= 4 is 11.6 Å². The first-order valence-electron chi connectivity index (χ1n) is 7.78. The van der Waals surface area contributed by atoms with E-state index in [2.05, 4.69) is 67.1 Å². The maximum atomic E-state index is 12.7. The first-order chi connectivity index (χ1) is 10.5. The number of carbonyl (C=O) groups is 1. The first kappa shape index (κ1) is 13.4. The molecular weight excluding hydrogens is 272 g/mol. The molecule has 22 heavy (non-hydrogen) atoms. The SMILES string of the molecule is Cc1ccc2c(c1)[C@@]1(C=C[C@@H](n3c(C)ccc3C)C1)C(=O)N2. The normalized spacial score (nSPS) is 25.8. The van der Waals surface area contributed by atoms with E-state index in [0.717, 1.165) is 17.7 Å². The summed E-state index contributed by atoms with van der Waals surface area (Å²) in [5.74, 6) is 0.106. The molecule has 0 saturated heterocycles. The molecule has 2 heterocycles. The minimum Gasteiger partial charge on any atom is -0.342 e. The van der Waals surface area contributed by atoms with Gasteiger partial charge >= 0.3 is 0 Å². The summed E-state index contributed by atoms with van der Waals surface area (Å²) in [5.41, 5.74) is 5.26. The molecule has 0 saturated carbocycles. The first-order valence-corrected chi connectivity index (χ1v) is 7.78. The molecular formula is C19H20N2O. The number of hydrogen-bond donors (Lipinski definition) is 1. The van der Waals surface area contributed by atoms with Crippen molar-refractivity contribution in [3.8, 4) is 0 Å². The molecule has 1 aromatic heterocycles. The Morgan fingerprint density at radius 2 is 1.86 bits per heavy atom. The second kappa shape index (κ2) is 4.35. The Morgan fingerprint density at radius 3 is 2.59 bits per heavy atom. The van der Waals surface area contributed by atoms with Crippen LogP contribution in [0.3, 0.4) is 0 Å². The van der Waals surface area contributed by atoms with E-state index in [1.54, 1.807) is 0 Å². The van der Waals surface area contributed by atoms with Crippen LogP contribution < -0.4 is 5.32 Å². The van der Waals surface area contributed by atoms with E-state index in [0.29, 0.717) is 0 Å². The Balaban J connectivity index is 1.79. The highest BCUT2D eigenvalue weighted by atomic mass is 16.2. The van der Waals surface area contributed by atoms with Crippen LogP contribution in [0, 0.1) is 20.8 Å². The van der Waals surface area contributed by atoms with E-state index in [-0.39, 0.29) is 11.9 Å². The summed E-state index contributed by atoms with van der Waals surface area (Å²) in [6.45, 7) is 6.32. The summed E-state index contributed by atoms with van der Waals surface area (Å²) >= 11 is 0. The molecule has 0 fully saturated rings. The van der Waals surface area contributed by atoms with Gasteiger partial charge in [0.1, 0.15) is 0 Å². The van der Waals surface area contributed by atoms with Gasteiger partial charge in [-0.25, -0.2) is 0 Å². The van der Waals surface area contributed by atoms with Gasteiger partial charge in [-0.05, 0) is 51.0 Å². The highest BCUT2D eigenvalue weighted by Crippen LogP contribution is 2.48. The van der Waals surface area contributed by atoms with Crippen molar-refractivity contribution in [2.75, 3.05) is 5.32 Å². The van der Waals surface area contributed by atoms with E-state index in [1.165, 1.54) is 17.0 Å². The number of hydrogen-bond acceptors (Lipinski definition) is 1. The van der Waals surface area contributed by atoms with Crippen molar-refractivity contribution in [2.24, 2.45) is 0 Å². The van der Waals surface area contributed by atoms with Crippen molar-refractivity contribution in [1.82, 2.24) is 4.57 Å². The van der Waals surface area contributed by atoms with Crippen LogP contribution in [0.4, 0.5) is 5.69 Å². The molecule has 0 radical (unpaired) electrons. The molecule has 1 spiro atoms. The van der Waals surface area contributed by atoms with Gasteiger partial charge in [-0.3, -0.25) is 4.79 Å². The van der Waals surface area contributed by atoms with E-state index >= 15 is 0 Å². The number of rotatable bonds is 1. The van der Waals surface area contributed by atoms with Crippen LogP contribution in [-0.2, 0) is 10.2 Å². The van der Waals surface area contributed by atoms with Crippen LogP contribution in [0.1, 0.15) is 35.0 Å². The van der Waals surface area contributed by atoms with Crippen LogP contribution in [0.25, 0.3) is 0 Å². The number of fused-ring (bicyclic) bond motifs is 2. The maximum absolute atomic E-state index is 12.7. The van der Waals surface area contributed by atoms with Gasteiger partial charge in [-0.15, -0.1) is 0 Å². The molecule has 1 aliphatic carbocycles. The second-order valence-corrected chi connectivity index (χ2v) is 6.59. The predicted octanol–water partition coefficient (Wildman–Crippen LogP) is 3.80. The summed E-state index contributed by atoms with van der Waals surface area (Å²) in [4.78, 5) is 12.7. The predicted molar refractivity (Wildman–Crippen MR) is 88.2 cm³/mol. The van der Waals surface area contributed by atoms with Gasteiger partial charge in [0.2, 0.25) is 5.91 Å². The topological polar surface area (TPSA) is 34.0 Å². The summed E-state index contributed by atoms with van der Waals surface area (Å²) in [6, 6.07) is 10.7. The molecule has 1 aromatic carbocycles. The molecule has 1 N–H and O–H groups in total. The molecule has 1 aliphatic heterocycles. The lowest BCUT2D eigenvalue weighted by Crippen LogP contribution is -2.31. The summed E-state index contributed by atoms with van der Waals surface area (Å²) in [6.07, 6.45) is 5.10. The average molecular weight is 292 g/mol. The van der Waals surface area contributed by atoms with E-state index in [9.17, 15) is 4.79 Å². The van der Waals surface area contributed by atoms with Gasteiger partial charge in [0, 0.05) is 17.1 Å². The van der Waals surface area contributed by atoms with E-state index in [1.807, 2.05) is 6.07 Å². The summed E-state index contributed by atoms with van der Waals surface area (Å²) in [5, 5.41) is 3.05. The molecule has 2 atom stereocenters. The van der Waals surface area contributed by atoms with E-state index in [4.69, 9.17) is 0 Å². The lowest BCUT2D eigenvalue weighted by molar-refractivity contribution is -0.119. The zero-order valence-corrected chi connectivity index (χ0v) is 13.2. The lowest BCUT2D eigenvalue weighted by atomic mass is 9.80. The molecule has 112 valence electrons. The third kappa shape index (κ3) is 1.65. The third-order valence-corrected chi connectivity index (χ3v) is 5.10. The average Bonchev–Trinajstić information content (AvgIpc) is 3.12. The number of nitrogens with one attached hydrogen (secondary N) is 1. The smallest absolute Gasteiger partial charge is 0.239 e. The van der Waals surface area contributed by atoms with Crippen LogP contribution in [0.15, 0.2) is 42.5 Å².